The molecule has 1 aliphatic rings. The molecule has 0 atom stereocenters. The number of thiophene rings is 1. The van der Waals surface area contributed by atoms with E-state index in [4.69, 9.17) is 4.74 Å². The molecule has 0 saturated carbocycles. The van der Waals surface area contributed by atoms with Crippen molar-refractivity contribution in [2.45, 2.75) is 19.3 Å². The summed E-state index contributed by atoms with van der Waals surface area (Å²) < 4.78 is 5.09. The second kappa shape index (κ2) is 8.39. The number of carbonyl (C=O) groups excluding carboxylic acids is 1. The largest absolute Gasteiger partial charge is 0.385 e. The van der Waals surface area contributed by atoms with Gasteiger partial charge in [-0.2, -0.15) is 0 Å². The molecule has 0 aromatic carbocycles. The highest BCUT2D eigenvalue weighted by molar-refractivity contribution is 7.10. The Labute approximate surface area is 125 Å². The van der Waals surface area contributed by atoms with Crippen LogP contribution in [0.25, 0.3) is 0 Å². The van der Waals surface area contributed by atoms with Gasteiger partial charge in [0.1, 0.15) is 0 Å². The quantitative estimate of drug-likeness (QED) is 0.751. The van der Waals surface area contributed by atoms with Crippen LogP contribution in [0.4, 0.5) is 0 Å². The smallest absolute Gasteiger partial charge is 0.227 e. The fourth-order valence-corrected chi connectivity index (χ4v) is 3.25. The number of methoxy groups -OCH3 is 1. The molecule has 112 valence electrons. The Kier molecular flexibility index (Phi) is 6.50. The van der Waals surface area contributed by atoms with Crippen molar-refractivity contribution in [1.29, 1.82) is 0 Å². The third-order valence-corrected chi connectivity index (χ3v) is 4.55. The predicted octanol–water partition coefficient (Wildman–Crippen LogP) is 1.86. The van der Waals surface area contributed by atoms with Crippen molar-refractivity contribution in [3.8, 4) is 0 Å². The van der Waals surface area contributed by atoms with E-state index in [0.29, 0.717) is 6.42 Å². The van der Waals surface area contributed by atoms with Gasteiger partial charge in [0.2, 0.25) is 5.91 Å². The molecule has 0 unspecified atom stereocenters. The van der Waals surface area contributed by atoms with E-state index in [1.807, 2.05) is 22.4 Å². The van der Waals surface area contributed by atoms with Crippen LogP contribution in [0.2, 0.25) is 0 Å². The van der Waals surface area contributed by atoms with Gasteiger partial charge in [-0.05, 0) is 30.8 Å². The van der Waals surface area contributed by atoms with Gasteiger partial charge in [0, 0.05) is 44.8 Å². The number of hydrogen-bond donors (Lipinski definition) is 0. The van der Waals surface area contributed by atoms with E-state index < -0.39 is 0 Å². The van der Waals surface area contributed by atoms with Gasteiger partial charge < -0.3 is 14.5 Å². The normalized spacial score (nSPS) is 17.1. The van der Waals surface area contributed by atoms with E-state index >= 15 is 0 Å². The minimum Gasteiger partial charge on any atom is -0.385 e. The lowest BCUT2D eigenvalue weighted by molar-refractivity contribution is -0.130. The van der Waals surface area contributed by atoms with Crippen LogP contribution in [-0.4, -0.2) is 62.1 Å². The Morgan fingerprint density at radius 1 is 1.35 bits per heavy atom. The highest BCUT2D eigenvalue weighted by Gasteiger charge is 2.19. The molecule has 1 fully saturated rings. The second-order valence-electron chi connectivity index (χ2n) is 5.18. The molecule has 20 heavy (non-hydrogen) atoms. The fourth-order valence-electron chi connectivity index (χ4n) is 2.55. The summed E-state index contributed by atoms with van der Waals surface area (Å²) in [7, 11) is 1.74. The van der Waals surface area contributed by atoms with Crippen LogP contribution in [0.15, 0.2) is 17.5 Å². The average Bonchev–Trinajstić information content (AvgIpc) is 2.83. The molecule has 4 nitrogen and oxygen atoms in total. The first kappa shape index (κ1) is 15.5. The van der Waals surface area contributed by atoms with Gasteiger partial charge in [0.05, 0.1) is 6.42 Å². The van der Waals surface area contributed by atoms with Gasteiger partial charge in [-0.1, -0.05) is 6.07 Å². The molecule has 0 N–H and O–H groups in total. The maximum absolute atomic E-state index is 12.3. The standard InChI is InChI=1S/C15H24N2O2S/c1-19-11-4-7-16-6-3-8-17(10-9-16)15(18)13-14-5-2-12-20-14/h2,5,12H,3-4,6-11,13H2,1H3. The lowest BCUT2D eigenvalue weighted by Gasteiger charge is -2.21. The number of hydrogen-bond acceptors (Lipinski definition) is 4. The molecule has 2 rings (SSSR count). The van der Waals surface area contributed by atoms with E-state index in [1.54, 1.807) is 18.4 Å². The van der Waals surface area contributed by atoms with Crippen molar-refractivity contribution < 1.29 is 9.53 Å². The van der Waals surface area contributed by atoms with Crippen molar-refractivity contribution in [2.24, 2.45) is 0 Å². The van der Waals surface area contributed by atoms with Crippen LogP contribution < -0.4 is 0 Å². The summed E-state index contributed by atoms with van der Waals surface area (Å²) in [4.78, 5) is 17.9. The Morgan fingerprint density at radius 3 is 3.00 bits per heavy atom. The topological polar surface area (TPSA) is 32.8 Å². The van der Waals surface area contributed by atoms with Crippen molar-refractivity contribution in [1.82, 2.24) is 9.80 Å². The highest BCUT2D eigenvalue weighted by Crippen LogP contribution is 2.12. The zero-order valence-corrected chi connectivity index (χ0v) is 13.0. The van der Waals surface area contributed by atoms with Crippen molar-refractivity contribution >= 4 is 17.2 Å². The van der Waals surface area contributed by atoms with Crippen LogP contribution in [-0.2, 0) is 16.0 Å². The number of amides is 1. The lowest BCUT2D eigenvalue weighted by Crippen LogP contribution is -2.36. The zero-order valence-electron chi connectivity index (χ0n) is 12.2. The number of nitrogens with zero attached hydrogens (tertiary/aromatic N) is 2. The first-order valence-corrected chi connectivity index (χ1v) is 8.19. The van der Waals surface area contributed by atoms with Crippen molar-refractivity contribution in [3.05, 3.63) is 22.4 Å². The van der Waals surface area contributed by atoms with Gasteiger partial charge in [0.15, 0.2) is 0 Å². The number of carbonyl (C=O) groups is 1. The van der Waals surface area contributed by atoms with Crippen LogP contribution >= 0.6 is 11.3 Å². The molecule has 0 spiro atoms. The van der Waals surface area contributed by atoms with E-state index in [-0.39, 0.29) is 5.91 Å². The van der Waals surface area contributed by atoms with Gasteiger partial charge in [0.25, 0.3) is 0 Å². The molecular formula is C15H24N2O2S. The Hall–Kier alpha value is -0.910. The van der Waals surface area contributed by atoms with E-state index in [9.17, 15) is 4.79 Å². The molecule has 2 heterocycles. The summed E-state index contributed by atoms with van der Waals surface area (Å²) >= 11 is 1.66. The Balaban J connectivity index is 1.75. The number of rotatable bonds is 6. The third-order valence-electron chi connectivity index (χ3n) is 3.67. The molecular weight excluding hydrogens is 272 g/mol. The summed E-state index contributed by atoms with van der Waals surface area (Å²) in [6, 6.07) is 4.05. The average molecular weight is 296 g/mol. The first-order chi connectivity index (χ1) is 9.79. The maximum atomic E-state index is 12.3. The summed E-state index contributed by atoms with van der Waals surface area (Å²) in [6.45, 7) is 5.72. The molecule has 5 heteroatoms. The lowest BCUT2D eigenvalue weighted by atomic mass is 10.3. The van der Waals surface area contributed by atoms with Crippen LogP contribution in [0.3, 0.4) is 0 Å². The van der Waals surface area contributed by atoms with Crippen molar-refractivity contribution in [2.75, 3.05) is 46.4 Å². The molecule has 1 aromatic heterocycles. The molecule has 1 saturated heterocycles. The molecule has 0 radical (unpaired) electrons. The summed E-state index contributed by atoms with van der Waals surface area (Å²) in [5, 5.41) is 2.03. The Morgan fingerprint density at radius 2 is 2.25 bits per heavy atom. The molecule has 1 amide bonds. The van der Waals surface area contributed by atoms with Gasteiger partial charge >= 0.3 is 0 Å². The summed E-state index contributed by atoms with van der Waals surface area (Å²) in [5.41, 5.74) is 0. The summed E-state index contributed by atoms with van der Waals surface area (Å²) in [5.74, 6) is 0.270. The SMILES string of the molecule is COCCCN1CCCN(C(=O)Cc2cccs2)CC1. The fraction of sp³-hybridized carbons (Fsp3) is 0.667. The summed E-state index contributed by atoms with van der Waals surface area (Å²) in [6.07, 6.45) is 2.70. The Bertz CT molecular complexity index is 395. The second-order valence-corrected chi connectivity index (χ2v) is 6.21. The van der Waals surface area contributed by atoms with E-state index in [1.165, 1.54) is 0 Å². The minimum atomic E-state index is 0.270. The minimum absolute atomic E-state index is 0.270. The maximum Gasteiger partial charge on any atom is 0.227 e. The van der Waals surface area contributed by atoms with Gasteiger partial charge in [-0.3, -0.25) is 4.79 Å². The number of ether oxygens (including phenoxy) is 1. The first-order valence-electron chi connectivity index (χ1n) is 7.31. The van der Waals surface area contributed by atoms with Crippen molar-refractivity contribution in [3.63, 3.8) is 0 Å². The highest BCUT2D eigenvalue weighted by atomic mass is 32.1. The van der Waals surface area contributed by atoms with Crippen LogP contribution in [0, 0.1) is 0 Å². The molecule has 0 bridgehead atoms. The van der Waals surface area contributed by atoms with Gasteiger partial charge in [-0.15, -0.1) is 11.3 Å². The molecule has 0 aliphatic carbocycles. The van der Waals surface area contributed by atoms with E-state index in [0.717, 1.165) is 57.0 Å². The molecule has 1 aromatic rings. The van der Waals surface area contributed by atoms with Crippen LogP contribution in [0.5, 0.6) is 0 Å². The van der Waals surface area contributed by atoms with Crippen LogP contribution in [0.1, 0.15) is 17.7 Å². The third kappa shape index (κ3) is 4.89. The monoisotopic (exact) mass is 296 g/mol. The van der Waals surface area contributed by atoms with Gasteiger partial charge in [-0.25, -0.2) is 0 Å². The zero-order chi connectivity index (χ0) is 14.2. The van der Waals surface area contributed by atoms with E-state index in [2.05, 4.69) is 4.90 Å². The molecule has 1 aliphatic heterocycles. The predicted molar refractivity (Wildman–Crippen MR) is 82.2 cm³/mol.